The van der Waals surface area contributed by atoms with Crippen LogP contribution in [0.5, 0.6) is 5.88 Å². The van der Waals surface area contributed by atoms with E-state index in [2.05, 4.69) is 9.97 Å². The van der Waals surface area contributed by atoms with E-state index < -0.39 is 6.10 Å². The molecule has 2 aromatic heterocycles. The minimum atomic E-state index is -0.755. The Balaban J connectivity index is 1.99. The maximum atomic E-state index is 10.4. The summed E-state index contributed by atoms with van der Waals surface area (Å²) in [5.74, 6) is 0.499. The third-order valence-corrected chi connectivity index (χ3v) is 3.13. The van der Waals surface area contributed by atoms with Crippen LogP contribution in [0.4, 0.5) is 0 Å². The molecule has 1 unspecified atom stereocenters. The molecule has 0 saturated carbocycles. The van der Waals surface area contributed by atoms with E-state index in [9.17, 15) is 5.11 Å². The number of aromatic nitrogens is 2. The van der Waals surface area contributed by atoms with Gasteiger partial charge in [-0.05, 0) is 35.2 Å². The van der Waals surface area contributed by atoms with Gasteiger partial charge in [-0.25, -0.2) is 4.98 Å². The molecule has 2 heterocycles. The van der Waals surface area contributed by atoms with E-state index in [1.165, 1.54) is 0 Å². The van der Waals surface area contributed by atoms with Gasteiger partial charge < -0.3 is 14.8 Å². The van der Waals surface area contributed by atoms with Crippen molar-refractivity contribution in [3.8, 4) is 5.88 Å². The molecule has 0 aliphatic rings. The second kappa shape index (κ2) is 4.74. The molecular weight excluding hydrogens is 240 g/mol. The highest BCUT2D eigenvalue weighted by Gasteiger charge is 2.13. The maximum absolute atomic E-state index is 10.4. The Morgan fingerprint density at radius 2 is 2.11 bits per heavy atom. The number of aliphatic hydroxyl groups excluding tert-OH is 1. The number of hydrogen-bond acceptors (Lipinski definition) is 3. The molecule has 96 valence electrons. The number of H-pyrrole nitrogens is 1. The van der Waals surface area contributed by atoms with Gasteiger partial charge >= 0.3 is 0 Å². The Kier molecular flexibility index (Phi) is 2.93. The van der Waals surface area contributed by atoms with Crippen molar-refractivity contribution in [2.24, 2.45) is 0 Å². The largest absolute Gasteiger partial charge is 0.481 e. The van der Waals surface area contributed by atoms with E-state index in [1.54, 1.807) is 19.2 Å². The van der Waals surface area contributed by atoms with Gasteiger partial charge in [-0.15, -0.1) is 0 Å². The van der Waals surface area contributed by atoms with Crippen LogP contribution in [0.15, 0.2) is 48.7 Å². The number of nitrogens with one attached hydrogen (secondary N) is 1. The summed E-state index contributed by atoms with van der Waals surface area (Å²) in [5.41, 5.74) is 2.44. The topological polar surface area (TPSA) is 58.1 Å². The van der Waals surface area contributed by atoms with Crippen molar-refractivity contribution >= 4 is 10.9 Å². The van der Waals surface area contributed by atoms with E-state index in [4.69, 9.17) is 4.74 Å². The highest BCUT2D eigenvalue weighted by atomic mass is 16.5. The molecule has 0 saturated heterocycles. The average molecular weight is 254 g/mol. The summed E-state index contributed by atoms with van der Waals surface area (Å²) in [7, 11) is 1.56. The van der Waals surface area contributed by atoms with Gasteiger partial charge in [-0.3, -0.25) is 0 Å². The van der Waals surface area contributed by atoms with Crippen molar-refractivity contribution in [3.63, 3.8) is 0 Å². The standard InChI is InChI=1S/C15H14N2O2/c1-19-14-4-2-3-13(17-14)15(18)11-5-6-12-10(9-11)7-8-16-12/h2-9,15-16,18H,1H3. The number of pyridine rings is 1. The quantitative estimate of drug-likeness (QED) is 0.755. The van der Waals surface area contributed by atoms with Crippen LogP contribution >= 0.6 is 0 Å². The van der Waals surface area contributed by atoms with Gasteiger partial charge in [-0.2, -0.15) is 0 Å². The summed E-state index contributed by atoms with van der Waals surface area (Å²) in [6.45, 7) is 0. The van der Waals surface area contributed by atoms with Gasteiger partial charge in [0.15, 0.2) is 0 Å². The number of benzene rings is 1. The Bertz CT molecular complexity index is 706. The predicted octanol–water partition coefficient (Wildman–Crippen LogP) is 2.65. The lowest BCUT2D eigenvalue weighted by atomic mass is 10.0. The van der Waals surface area contributed by atoms with Crippen molar-refractivity contribution in [2.45, 2.75) is 6.10 Å². The lowest BCUT2D eigenvalue weighted by Gasteiger charge is -2.11. The summed E-state index contributed by atoms with van der Waals surface area (Å²) in [6, 6.07) is 13.1. The highest BCUT2D eigenvalue weighted by Crippen LogP contribution is 2.25. The molecule has 0 radical (unpaired) electrons. The molecule has 0 bridgehead atoms. The number of aromatic amines is 1. The Morgan fingerprint density at radius 3 is 2.95 bits per heavy atom. The van der Waals surface area contributed by atoms with Crippen LogP contribution in [0.2, 0.25) is 0 Å². The minimum absolute atomic E-state index is 0.499. The van der Waals surface area contributed by atoms with Gasteiger partial charge in [0.25, 0.3) is 0 Å². The molecular formula is C15H14N2O2. The van der Waals surface area contributed by atoms with Crippen molar-refractivity contribution in [1.29, 1.82) is 0 Å². The molecule has 0 amide bonds. The summed E-state index contributed by atoms with van der Waals surface area (Å²) in [4.78, 5) is 7.38. The van der Waals surface area contributed by atoms with Gasteiger partial charge in [0.05, 0.1) is 12.8 Å². The second-order valence-corrected chi connectivity index (χ2v) is 4.33. The smallest absolute Gasteiger partial charge is 0.213 e. The van der Waals surface area contributed by atoms with Gasteiger partial charge in [0, 0.05) is 17.8 Å². The third-order valence-electron chi connectivity index (χ3n) is 3.13. The van der Waals surface area contributed by atoms with E-state index in [-0.39, 0.29) is 0 Å². The summed E-state index contributed by atoms with van der Waals surface area (Å²) >= 11 is 0. The van der Waals surface area contributed by atoms with Crippen molar-refractivity contribution < 1.29 is 9.84 Å². The average Bonchev–Trinajstić information content (AvgIpc) is 2.94. The lowest BCUT2D eigenvalue weighted by Crippen LogP contribution is -2.03. The number of ether oxygens (including phenoxy) is 1. The van der Waals surface area contributed by atoms with Gasteiger partial charge in [-0.1, -0.05) is 12.1 Å². The Hall–Kier alpha value is -2.33. The fraction of sp³-hybridized carbons (Fsp3) is 0.133. The molecule has 2 N–H and O–H groups in total. The van der Waals surface area contributed by atoms with Crippen LogP contribution in [-0.2, 0) is 0 Å². The van der Waals surface area contributed by atoms with Crippen molar-refractivity contribution in [3.05, 3.63) is 59.9 Å². The van der Waals surface area contributed by atoms with Gasteiger partial charge in [0.1, 0.15) is 6.10 Å². The fourth-order valence-corrected chi connectivity index (χ4v) is 2.11. The lowest BCUT2D eigenvalue weighted by molar-refractivity contribution is 0.214. The molecule has 4 nitrogen and oxygen atoms in total. The second-order valence-electron chi connectivity index (χ2n) is 4.33. The number of fused-ring (bicyclic) bond motifs is 1. The third kappa shape index (κ3) is 2.18. The summed E-state index contributed by atoms with van der Waals surface area (Å²) in [6.07, 6.45) is 1.12. The van der Waals surface area contributed by atoms with Crippen molar-refractivity contribution in [2.75, 3.05) is 7.11 Å². The van der Waals surface area contributed by atoms with Crippen LogP contribution in [0, 0.1) is 0 Å². The van der Waals surface area contributed by atoms with E-state index in [1.807, 2.05) is 36.5 Å². The number of hydrogen-bond donors (Lipinski definition) is 2. The summed E-state index contributed by atoms with van der Waals surface area (Å²) in [5, 5.41) is 11.4. The summed E-state index contributed by atoms with van der Waals surface area (Å²) < 4.78 is 5.07. The highest BCUT2D eigenvalue weighted by molar-refractivity contribution is 5.80. The molecule has 0 aliphatic heterocycles. The zero-order valence-corrected chi connectivity index (χ0v) is 10.5. The van der Waals surface area contributed by atoms with Crippen LogP contribution < -0.4 is 4.74 Å². The molecule has 3 aromatic rings. The SMILES string of the molecule is COc1cccc(C(O)c2ccc3[nH]ccc3c2)n1. The molecule has 0 aliphatic carbocycles. The van der Waals surface area contributed by atoms with Crippen molar-refractivity contribution in [1.82, 2.24) is 9.97 Å². The fourth-order valence-electron chi connectivity index (χ4n) is 2.11. The van der Waals surface area contributed by atoms with Crippen LogP contribution in [0.1, 0.15) is 17.4 Å². The Morgan fingerprint density at radius 1 is 1.21 bits per heavy atom. The minimum Gasteiger partial charge on any atom is -0.481 e. The molecule has 3 rings (SSSR count). The number of rotatable bonds is 3. The molecule has 1 atom stereocenters. The first-order valence-corrected chi connectivity index (χ1v) is 6.04. The van der Waals surface area contributed by atoms with E-state index >= 15 is 0 Å². The number of aliphatic hydroxyl groups is 1. The van der Waals surface area contributed by atoms with Crippen LogP contribution in [0.25, 0.3) is 10.9 Å². The van der Waals surface area contributed by atoms with Gasteiger partial charge in [0.2, 0.25) is 5.88 Å². The number of methoxy groups -OCH3 is 1. The first-order chi connectivity index (χ1) is 9.28. The predicted molar refractivity (Wildman–Crippen MR) is 73.1 cm³/mol. The Labute approximate surface area is 110 Å². The van der Waals surface area contributed by atoms with Crippen LogP contribution in [-0.4, -0.2) is 22.2 Å². The van der Waals surface area contributed by atoms with E-state index in [0.29, 0.717) is 11.6 Å². The van der Waals surface area contributed by atoms with E-state index in [0.717, 1.165) is 16.5 Å². The zero-order chi connectivity index (χ0) is 13.2. The first kappa shape index (κ1) is 11.7. The van der Waals surface area contributed by atoms with Crippen LogP contribution in [0.3, 0.4) is 0 Å². The number of nitrogens with zero attached hydrogens (tertiary/aromatic N) is 1. The maximum Gasteiger partial charge on any atom is 0.213 e. The first-order valence-electron chi connectivity index (χ1n) is 6.04. The zero-order valence-electron chi connectivity index (χ0n) is 10.5. The monoisotopic (exact) mass is 254 g/mol. The molecule has 4 heteroatoms. The normalized spacial score (nSPS) is 12.5. The molecule has 19 heavy (non-hydrogen) atoms. The molecule has 1 aromatic carbocycles. The molecule has 0 fully saturated rings. The molecule has 0 spiro atoms.